The summed E-state index contributed by atoms with van der Waals surface area (Å²) >= 11 is 0. The predicted octanol–water partition coefficient (Wildman–Crippen LogP) is 1.09. The molecule has 0 saturated heterocycles. The van der Waals surface area contributed by atoms with Crippen molar-refractivity contribution in [1.29, 1.82) is 0 Å². The molecule has 0 bridgehead atoms. The van der Waals surface area contributed by atoms with Crippen molar-refractivity contribution >= 4 is 9.84 Å². The molecule has 1 aromatic rings. The number of rotatable bonds is 5. The van der Waals surface area contributed by atoms with Crippen molar-refractivity contribution < 1.29 is 12.8 Å². The maximum absolute atomic E-state index is 12.8. The second-order valence-corrected chi connectivity index (χ2v) is 5.55. The van der Waals surface area contributed by atoms with Gasteiger partial charge in [0.25, 0.3) is 0 Å². The van der Waals surface area contributed by atoms with E-state index in [4.69, 9.17) is 5.73 Å². The van der Waals surface area contributed by atoms with Gasteiger partial charge in [-0.3, -0.25) is 0 Å². The summed E-state index contributed by atoms with van der Waals surface area (Å²) in [7, 11) is -3.16. The number of hydrogen-bond acceptors (Lipinski definition) is 3. The van der Waals surface area contributed by atoms with Crippen LogP contribution in [0.15, 0.2) is 24.3 Å². The van der Waals surface area contributed by atoms with Crippen LogP contribution >= 0.6 is 0 Å². The van der Waals surface area contributed by atoms with Crippen molar-refractivity contribution in [2.75, 3.05) is 12.3 Å². The zero-order valence-electron chi connectivity index (χ0n) is 8.32. The standard InChI is InChI=1S/C10H14FNO2S/c11-10-4-1-3-9(7-10)8-15(13,14)6-2-5-12/h1,3-4,7H,2,5-6,8,12H2. The van der Waals surface area contributed by atoms with Crippen LogP contribution in [0.25, 0.3) is 0 Å². The lowest BCUT2D eigenvalue weighted by atomic mass is 10.2. The molecule has 0 aliphatic carbocycles. The topological polar surface area (TPSA) is 60.2 Å². The van der Waals surface area contributed by atoms with E-state index >= 15 is 0 Å². The Morgan fingerprint density at radius 2 is 2.07 bits per heavy atom. The maximum atomic E-state index is 12.8. The van der Waals surface area contributed by atoms with Gasteiger partial charge in [0.15, 0.2) is 9.84 Å². The zero-order valence-corrected chi connectivity index (χ0v) is 9.13. The van der Waals surface area contributed by atoms with Crippen LogP contribution in [-0.4, -0.2) is 20.7 Å². The molecule has 0 atom stereocenters. The molecule has 1 aromatic carbocycles. The van der Waals surface area contributed by atoms with E-state index in [0.717, 1.165) is 0 Å². The minimum absolute atomic E-state index is 0.0556. The van der Waals surface area contributed by atoms with E-state index in [2.05, 4.69) is 0 Å². The molecule has 0 amide bonds. The van der Waals surface area contributed by atoms with Gasteiger partial charge < -0.3 is 5.73 Å². The Balaban J connectivity index is 2.69. The van der Waals surface area contributed by atoms with Crippen molar-refractivity contribution in [3.05, 3.63) is 35.6 Å². The molecule has 84 valence electrons. The van der Waals surface area contributed by atoms with Gasteiger partial charge in [0, 0.05) is 0 Å². The third-order valence-corrected chi connectivity index (χ3v) is 3.62. The van der Waals surface area contributed by atoms with E-state index in [0.29, 0.717) is 18.5 Å². The second-order valence-electron chi connectivity index (χ2n) is 3.36. The number of hydrogen-bond donors (Lipinski definition) is 1. The van der Waals surface area contributed by atoms with E-state index in [9.17, 15) is 12.8 Å². The molecular weight excluding hydrogens is 217 g/mol. The highest BCUT2D eigenvalue weighted by atomic mass is 32.2. The van der Waals surface area contributed by atoms with Crippen molar-refractivity contribution in [3.8, 4) is 0 Å². The van der Waals surface area contributed by atoms with E-state index in [1.165, 1.54) is 18.2 Å². The minimum atomic E-state index is -3.16. The molecule has 3 nitrogen and oxygen atoms in total. The molecule has 5 heteroatoms. The van der Waals surface area contributed by atoms with E-state index < -0.39 is 15.7 Å². The first-order valence-electron chi connectivity index (χ1n) is 4.68. The van der Waals surface area contributed by atoms with Gasteiger partial charge in [-0.2, -0.15) is 0 Å². The fourth-order valence-corrected chi connectivity index (χ4v) is 2.69. The molecule has 0 radical (unpaired) electrons. The fourth-order valence-electron chi connectivity index (χ4n) is 1.26. The van der Waals surface area contributed by atoms with Gasteiger partial charge in [0.2, 0.25) is 0 Å². The van der Waals surface area contributed by atoms with Crippen LogP contribution < -0.4 is 5.73 Å². The normalized spacial score (nSPS) is 11.6. The minimum Gasteiger partial charge on any atom is -0.330 e. The molecule has 2 N–H and O–H groups in total. The number of halogens is 1. The van der Waals surface area contributed by atoms with Crippen molar-refractivity contribution in [1.82, 2.24) is 0 Å². The highest BCUT2D eigenvalue weighted by Crippen LogP contribution is 2.09. The summed E-state index contributed by atoms with van der Waals surface area (Å²) in [5.74, 6) is -0.480. The lowest BCUT2D eigenvalue weighted by Gasteiger charge is -2.03. The largest absolute Gasteiger partial charge is 0.330 e. The predicted molar refractivity (Wildman–Crippen MR) is 57.6 cm³/mol. The summed E-state index contributed by atoms with van der Waals surface area (Å²) in [6.07, 6.45) is 0.442. The Morgan fingerprint density at radius 1 is 1.33 bits per heavy atom. The first-order chi connectivity index (χ1) is 7.03. The lowest BCUT2D eigenvalue weighted by molar-refractivity contribution is 0.592. The fraction of sp³-hybridized carbons (Fsp3) is 0.400. The van der Waals surface area contributed by atoms with Crippen LogP contribution in [0.3, 0.4) is 0 Å². The van der Waals surface area contributed by atoms with Gasteiger partial charge in [-0.25, -0.2) is 12.8 Å². The average Bonchev–Trinajstić information content (AvgIpc) is 2.14. The SMILES string of the molecule is NCCCS(=O)(=O)Cc1cccc(F)c1. The Kier molecular flexibility index (Phi) is 4.23. The summed E-state index contributed by atoms with van der Waals surface area (Å²) in [5, 5.41) is 0. The Bertz CT molecular complexity index is 417. The summed E-state index contributed by atoms with van der Waals surface area (Å²) in [6, 6.07) is 5.63. The van der Waals surface area contributed by atoms with E-state index in [1.54, 1.807) is 6.07 Å². The Morgan fingerprint density at radius 3 is 2.67 bits per heavy atom. The third-order valence-electron chi connectivity index (χ3n) is 1.94. The highest BCUT2D eigenvalue weighted by molar-refractivity contribution is 7.90. The molecule has 0 aromatic heterocycles. The molecule has 0 spiro atoms. The van der Waals surface area contributed by atoms with Gasteiger partial charge >= 0.3 is 0 Å². The first kappa shape index (κ1) is 12.1. The first-order valence-corrected chi connectivity index (χ1v) is 6.50. The maximum Gasteiger partial charge on any atom is 0.154 e. The number of sulfone groups is 1. The third kappa shape index (κ3) is 4.40. The smallest absolute Gasteiger partial charge is 0.154 e. The molecule has 0 fully saturated rings. The van der Waals surface area contributed by atoms with E-state index in [-0.39, 0.29) is 11.5 Å². The van der Waals surface area contributed by atoms with E-state index in [1.807, 2.05) is 0 Å². The van der Waals surface area contributed by atoms with Crippen LogP contribution in [0.2, 0.25) is 0 Å². The lowest BCUT2D eigenvalue weighted by Crippen LogP contribution is -2.13. The van der Waals surface area contributed by atoms with Gasteiger partial charge in [0.1, 0.15) is 5.82 Å². The summed E-state index contributed by atoms with van der Waals surface area (Å²) in [5.41, 5.74) is 5.71. The van der Waals surface area contributed by atoms with Gasteiger partial charge in [-0.15, -0.1) is 0 Å². The molecule has 0 unspecified atom stereocenters. The van der Waals surface area contributed by atoms with Crippen molar-refractivity contribution in [2.45, 2.75) is 12.2 Å². The number of nitrogens with two attached hydrogens (primary N) is 1. The monoisotopic (exact) mass is 231 g/mol. The van der Waals surface area contributed by atoms with Gasteiger partial charge in [-0.1, -0.05) is 12.1 Å². The summed E-state index contributed by atoms with van der Waals surface area (Å²) in [4.78, 5) is 0. The molecule has 0 aliphatic heterocycles. The van der Waals surface area contributed by atoms with Crippen LogP contribution in [0.4, 0.5) is 4.39 Å². The second kappa shape index (κ2) is 5.23. The van der Waals surface area contributed by atoms with Crippen molar-refractivity contribution in [3.63, 3.8) is 0 Å². The highest BCUT2D eigenvalue weighted by Gasteiger charge is 2.11. The molecule has 0 aliphatic rings. The van der Waals surface area contributed by atoms with Crippen molar-refractivity contribution in [2.24, 2.45) is 5.73 Å². The quantitative estimate of drug-likeness (QED) is 0.825. The molecule has 1 rings (SSSR count). The average molecular weight is 231 g/mol. The molecule has 0 heterocycles. The Labute approximate surface area is 89.0 Å². The van der Waals surface area contributed by atoms with Crippen LogP contribution in [0, 0.1) is 5.82 Å². The molecular formula is C10H14FNO2S. The number of benzene rings is 1. The van der Waals surface area contributed by atoms with Crippen LogP contribution in [0.5, 0.6) is 0 Å². The molecule has 15 heavy (non-hydrogen) atoms. The molecule has 0 saturated carbocycles. The van der Waals surface area contributed by atoms with Gasteiger partial charge in [0.05, 0.1) is 11.5 Å². The van der Waals surface area contributed by atoms with Gasteiger partial charge in [-0.05, 0) is 30.7 Å². The van der Waals surface area contributed by atoms with Crippen LogP contribution in [-0.2, 0) is 15.6 Å². The summed E-state index contributed by atoms with van der Waals surface area (Å²) < 4.78 is 35.8. The zero-order chi connectivity index (χ0) is 11.3. The summed E-state index contributed by atoms with van der Waals surface area (Å²) in [6.45, 7) is 0.350. The van der Waals surface area contributed by atoms with Crippen LogP contribution in [0.1, 0.15) is 12.0 Å². The Hall–Kier alpha value is -0.940.